The SMILES string of the molecule is CCOC(c1ccc(-c2nccs2)c2oc(C34CNCC(C3)N4C(=O)O)nc12)C(F)(F)F. The van der Waals surface area contributed by atoms with Crippen LogP contribution < -0.4 is 5.32 Å². The van der Waals surface area contributed by atoms with Crippen molar-refractivity contribution in [3.05, 3.63) is 35.2 Å². The molecule has 2 bridgehead atoms. The van der Waals surface area contributed by atoms with Crippen molar-refractivity contribution in [3.63, 3.8) is 0 Å². The molecule has 1 amide bonds. The fourth-order valence-electron chi connectivity index (χ4n) is 4.68. The predicted octanol–water partition coefficient (Wildman–Crippen LogP) is 4.14. The number of hydrogen-bond donors (Lipinski definition) is 2. The average Bonchev–Trinajstić information content (AvgIpc) is 3.41. The number of carboxylic acid groups (broad SMARTS) is 1. The number of hydrogen-bond acceptors (Lipinski definition) is 7. The Morgan fingerprint density at radius 1 is 1.50 bits per heavy atom. The minimum absolute atomic E-state index is 0.00258. The van der Waals surface area contributed by atoms with Crippen molar-refractivity contribution in [2.75, 3.05) is 19.7 Å². The molecule has 3 unspecified atom stereocenters. The third-order valence-electron chi connectivity index (χ3n) is 5.95. The summed E-state index contributed by atoms with van der Waals surface area (Å²) in [6.07, 6.45) is -5.90. The van der Waals surface area contributed by atoms with E-state index in [1.54, 1.807) is 11.6 Å². The van der Waals surface area contributed by atoms with Crippen molar-refractivity contribution < 1.29 is 32.2 Å². The van der Waals surface area contributed by atoms with Gasteiger partial charge in [-0.25, -0.2) is 14.8 Å². The van der Waals surface area contributed by atoms with Crippen LogP contribution in [0.2, 0.25) is 0 Å². The predicted molar refractivity (Wildman–Crippen MR) is 108 cm³/mol. The standard InChI is InChI=1S/C20H19F3N4O4S/c1-2-30-15(20(21,22)23)11-3-4-12(16-25-5-6-32-16)14-13(11)26-17(31-14)19-7-10(8-24-9-19)27(19)18(28)29/h3-6,10,15,24H,2,7-9H2,1H3,(H,28,29). The zero-order valence-electron chi connectivity index (χ0n) is 16.8. The molecule has 0 saturated carbocycles. The van der Waals surface area contributed by atoms with Crippen LogP contribution in [0.4, 0.5) is 18.0 Å². The number of nitrogens with one attached hydrogen (secondary N) is 1. The Balaban J connectivity index is 1.72. The number of fused-ring (bicyclic) bond motifs is 3. The number of nitrogens with zero attached hydrogens (tertiary/aromatic N) is 3. The highest BCUT2D eigenvalue weighted by Gasteiger charge is 2.61. The van der Waals surface area contributed by atoms with E-state index in [0.29, 0.717) is 23.5 Å². The van der Waals surface area contributed by atoms with Crippen LogP contribution in [-0.2, 0) is 10.3 Å². The summed E-state index contributed by atoms with van der Waals surface area (Å²) in [6.45, 7) is 2.11. The molecule has 3 saturated heterocycles. The number of oxazole rings is 1. The van der Waals surface area contributed by atoms with Gasteiger partial charge in [0.15, 0.2) is 11.7 Å². The van der Waals surface area contributed by atoms with Gasteiger partial charge in [-0.2, -0.15) is 13.2 Å². The van der Waals surface area contributed by atoms with Gasteiger partial charge in [0.05, 0.1) is 11.6 Å². The quantitative estimate of drug-likeness (QED) is 0.580. The number of piperazine rings is 1. The first kappa shape index (κ1) is 21.2. The first-order valence-corrected chi connectivity index (χ1v) is 10.9. The molecule has 2 aromatic heterocycles. The molecule has 0 aliphatic carbocycles. The number of ether oxygens (including phenoxy) is 1. The van der Waals surface area contributed by atoms with Crippen LogP contribution in [0, 0.1) is 0 Å². The first-order valence-electron chi connectivity index (χ1n) is 10.0. The van der Waals surface area contributed by atoms with E-state index in [-0.39, 0.29) is 41.7 Å². The van der Waals surface area contributed by atoms with Crippen molar-refractivity contribution in [2.24, 2.45) is 0 Å². The van der Waals surface area contributed by atoms with Gasteiger partial charge in [-0.3, -0.25) is 4.90 Å². The Morgan fingerprint density at radius 3 is 2.94 bits per heavy atom. The number of aromatic nitrogens is 2. The zero-order valence-corrected chi connectivity index (χ0v) is 17.7. The van der Waals surface area contributed by atoms with Crippen LogP contribution in [0.1, 0.15) is 30.9 Å². The number of piperidine rings is 1. The highest BCUT2D eigenvalue weighted by Crippen LogP contribution is 2.49. The van der Waals surface area contributed by atoms with Crippen molar-refractivity contribution in [1.82, 2.24) is 20.2 Å². The number of alkyl halides is 3. The van der Waals surface area contributed by atoms with E-state index in [4.69, 9.17) is 9.15 Å². The molecule has 0 radical (unpaired) electrons. The maximum Gasteiger partial charge on any atom is 0.418 e. The number of benzene rings is 1. The highest BCUT2D eigenvalue weighted by molar-refractivity contribution is 7.13. The van der Waals surface area contributed by atoms with E-state index < -0.39 is 23.9 Å². The molecule has 2 N–H and O–H groups in total. The summed E-state index contributed by atoms with van der Waals surface area (Å²) >= 11 is 1.31. The van der Waals surface area contributed by atoms with Gasteiger partial charge in [0, 0.05) is 43.3 Å². The molecule has 32 heavy (non-hydrogen) atoms. The number of amides is 1. The van der Waals surface area contributed by atoms with Crippen molar-refractivity contribution >= 4 is 28.5 Å². The van der Waals surface area contributed by atoms with Crippen LogP contribution in [0.15, 0.2) is 28.1 Å². The van der Waals surface area contributed by atoms with E-state index in [2.05, 4.69) is 15.3 Å². The Labute approximate surface area is 184 Å². The molecule has 1 aromatic carbocycles. The van der Waals surface area contributed by atoms with Crippen molar-refractivity contribution in [1.29, 1.82) is 0 Å². The lowest BCUT2D eigenvalue weighted by Crippen LogP contribution is -2.75. The maximum absolute atomic E-state index is 13.8. The molecular weight excluding hydrogens is 449 g/mol. The van der Waals surface area contributed by atoms with Gasteiger partial charge in [0.2, 0.25) is 5.89 Å². The second kappa shape index (κ2) is 7.42. The fraction of sp³-hybridized carbons (Fsp3) is 0.450. The van der Waals surface area contributed by atoms with E-state index >= 15 is 0 Å². The third-order valence-corrected chi connectivity index (χ3v) is 6.76. The molecule has 6 rings (SSSR count). The molecule has 3 fully saturated rings. The first-order chi connectivity index (χ1) is 15.3. The normalized spacial score (nSPS) is 23.9. The van der Waals surface area contributed by atoms with Gasteiger partial charge >= 0.3 is 12.3 Å². The molecule has 12 heteroatoms. The summed E-state index contributed by atoms with van der Waals surface area (Å²) in [4.78, 5) is 21.9. The smallest absolute Gasteiger partial charge is 0.418 e. The lowest BCUT2D eigenvalue weighted by Gasteiger charge is -2.58. The van der Waals surface area contributed by atoms with Gasteiger partial charge in [0.1, 0.15) is 16.1 Å². The minimum atomic E-state index is -4.66. The summed E-state index contributed by atoms with van der Waals surface area (Å²) in [5.41, 5.74) is -0.618. The van der Waals surface area contributed by atoms with Crippen LogP contribution in [0.5, 0.6) is 0 Å². The van der Waals surface area contributed by atoms with E-state index in [9.17, 15) is 23.1 Å². The number of halogens is 3. The molecule has 3 aromatic rings. The second-order valence-electron chi connectivity index (χ2n) is 7.79. The summed E-state index contributed by atoms with van der Waals surface area (Å²) < 4.78 is 52.5. The average molecular weight is 468 g/mol. The zero-order chi connectivity index (χ0) is 22.7. The molecule has 170 valence electrons. The number of thiazole rings is 1. The largest absolute Gasteiger partial charge is 0.465 e. The van der Waals surface area contributed by atoms with Gasteiger partial charge in [0.25, 0.3) is 0 Å². The van der Waals surface area contributed by atoms with E-state index in [1.165, 1.54) is 35.3 Å². The monoisotopic (exact) mass is 468 g/mol. The molecule has 8 nitrogen and oxygen atoms in total. The molecule has 0 spiro atoms. The van der Waals surface area contributed by atoms with Crippen LogP contribution >= 0.6 is 11.3 Å². The lowest BCUT2D eigenvalue weighted by molar-refractivity contribution is -0.222. The number of carbonyl (C=O) groups is 1. The summed E-state index contributed by atoms with van der Waals surface area (Å²) in [7, 11) is 0. The van der Waals surface area contributed by atoms with Crippen LogP contribution in [0.3, 0.4) is 0 Å². The molecular formula is C20H19F3N4O4S. The maximum atomic E-state index is 13.8. The van der Waals surface area contributed by atoms with Crippen LogP contribution in [0.25, 0.3) is 21.7 Å². The Morgan fingerprint density at radius 2 is 2.31 bits per heavy atom. The van der Waals surface area contributed by atoms with Crippen LogP contribution in [-0.4, -0.2) is 58.0 Å². The Bertz CT molecular complexity index is 1160. The molecule has 5 heterocycles. The van der Waals surface area contributed by atoms with Crippen molar-refractivity contribution in [3.8, 4) is 10.6 Å². The van der Waals surface area contributed by atoms with Crippen molar-refractivity contribution in [2.45, 2.75) is 37.2 Å². The summed E-state index contributed by atoms with van der Waals surface area (Å²) in [5, 5.41) is 15.2. The molecule has 3 aliphatic heterocycles. The topological polar surface area (TPSA) is 101 Å². The lowest BCUT2D eigenvalue weighted by atomic mass is 9.75. The Hall–Kier alpha value is -2.70. The number of rotatable bonds is 5. The summed E-state index contributed by atoms with van der Waals surface area (Å²) in [5.74, 6) is 0.0704. The van der Waals surface area contributed by atoms with Gasteiger partial charge in [-0.15, -0.1) is 11.3 Å². The highest BCUT2D eigenvalue weighted by atomic mass is 32.1. The second-order valence-corrected chi connectivity index (χ2v) is 8.68. The summed E-state index contributed by atoms with van der Waals surface area (Å²) in [6, 6.07) is 2.60. The third kappa shape index (κ3) is 3.08. The van der Waals surface area contributed by atoms with Gasteiger partial charge in [-0.05, 0) is 13.0 Å². The van der Waals surface area contributed by atoms with Gasteiger partial charge in [-0.1, -0.05) is 6.07 Å². The van der Waals surface area contributed by atoms with Gasteiger partial charge < -0.3 is 19.6 Å². The molecule has 3 aliphatic rings. The van der Waals surface area contributed by atoms with E-state index in [0.717, 1.165) is 0 Å². The fourth-order valence-corrected chi connectivity index (χ4v) is 5.34. The molecule has 3 atom stereocenters. The Kier molecular flexibility index (Phi) is 4.91. The minimum Gasteiger partial charge on any atom is -0.465 e. The van der Waals surface area contributed by atoms with E-state index in [1.807, 2.05) is 0 Å².